The number of allylic oxidation sites excluding steroid dienone is 5. The molecule has 0 bridgehead atoms. The second-order valence-corrected chi connectivity index (χ2v) is 10.9. The van der Waals surface area contributed by atoms with Crippen LogP contribution < -0.4 is 0 Å². The first-order chi connectivity index (χ1) is 13.5. The maximum atomic E-state index is 9.60. The van der Waals surface area contributed by atoms with Crippen LogP contribution in [-0.2, 0) is 0 Å². The van der Waals surface area contributed by atoms with Gasteiger partial charge in [0.15, 0.2) is 0 Å². The lowest BCUT2D eigenvalue weighted by Crippen LogP contribution is -2.28. The lowest BCUT2D eigenvalue weighted by molar-refractivity contribution is 0.375. The average Bonchev–Trinajstić information content (AvgIpc) is 2.68. The Kier molecular flexibility index (Phi) is 12.8. The van der Waals surface area contributed by atoms with Gasteiger partial charge in [0.05, 0.1) is 0 Å². The summed E-state index contributed by atoms with van der Waals surface area (Å²) in [5, 5.41) is 0. The van der Waals surface area contributed by atoms with E-state index in [4.69, 9.17) is 0 Å². The quantitative estimate of drug-likeness (QED) is 0.191. The van der Waals surface area contributed by atoms with Crippen LogP contribution in [0.5, 0.6) is 0 Å². The fourth-order valence-electron chi connectivity index (χ4n) is 3.42. The van der Waals surface area contributed by atoms with Crippen LogP contribution in [-0.4, -0.2) is 18.2 Å². The Morgan fingerprint density at radius 3 is 2.36 bits per heavy atom. The summed E-state index contributed by atoms with van der Waals surface area (Å²) in [6, 6.07) is 11.0. The van der Waals surface area contributed by atoms with Crippen molar-refractivity contribution in [1.29, 1.82) is 0 Å². The number of rotatable bonds is 15. The summed E-state index contributed by atoms with van der Waals surface area (Å²) >= 11 is 0. The molecule has 0 aromatic heterocycles. The molecule has 1 aromatic carbocycles. The van der Waals surface area contributed by atoms with Gasteiger partial charge in [-0.15, -0.1) is 6.58 Å². The van der Waals surface area contributed by atoms with Gasteiger partial charge in [-0.2, -0.15) is 0 Å². The zero-order valence-corrected chi connectivity index (χ0v) is 18.9. The van der Waals surface area contributed by atoms with Crippen LogP contribution in [0.4, 0.5) is 0 Å². The van der Waals surface area contributed by atoms with E-state index in [-0.39, 0.29) is 0 Å². The molecule has 0 aliphatic heterocycles. The Bertz CT molecular complexity index is 572. The molecule has 1 aromatic rings. The molecule has 2 nitrogen and oxygen atoms in total. The first kappa shape index (κ1) is 24.6. The maximum Gasteiger partial charge on any atom is 0.333 e. The second kappa shape index (κ2) is 14.6. The minimum atomic E-state index is -2.99. The summed E-state index contributed by atoms with van der Waals surface area (Å²) in [5.74, 6) is 0.925. The van der Waals surface area contributed by atoms with Crippen LogP contribution in [0.2, 0.25) is 12.6 Å². The van der Waals surface area contributed by atoms with E-state index in [0.29, 0.717) is 17.9 Å². The molecular formula is C25H40O2Si. The zero-order chi connectivity index (χ0) is 20.7. The summed E-state index contributed by atoms with van der Waals surface area (Å²) in [6.45, 7) is 7.87. The van der Waals surface area contributed by atoms with Crippen molar-refractivity contribution in [2.24, 2.45) is 5.92 Å². The van der Waals surface area contributed by atoms with Gasteiger partial charge in [-0.25, -0.2) is 0 Å². The summed E-state index contributed by atoms with van der Waals surface area (Å²) in [4.78, 5) is 19.2. The van der Waals surface area contributed by atoms with Crippen LogP contribution in [0.15, 0.2) is 67.3 Å². The van der Waals surface area contributed by atoms with Crippen LogP contribution in [0, 0.1) is 5.92 Å². The molecule has 28 heavy (non-hydrogen) atoms. The summed E-state index contributed by atoms with van der Waals surface area (Å²) in [6.07, 6.45) is 20.2. The van der Waals surface area contributed by atoms with E-state index < -0.39 is 8.56 Å². The van der Waals surface area contributed by atoms with Crippen molar-refractivity contribution in [3.63, 3.8) is 0 Å². The molecule has 0 spiro atoms. The lowest BCUT2D eigenvalue weighted by atomic mass is 9.84. The van der Waals surface area contributed by atoms with E-state index in [1.54, 1.807) is 6.55 Å². The molecule has 0 fully saturated rings. The molecule has 156 valence electrons. The molecule has 0 saturated heterocycles. The highest BCUT2D eigenvalue weighted by Gasteiger charge is 2.19. The maximum absolute atomic E-state index is 9.60. The Morgan fingerprint density at radius 2 is 1.71 bits per heavy atom. The fraction of sp³-hybridized carbons (Fsp3) is 0.520. The van der Waals surface area contributed by atoms with Crippen molar-refractivity contribution >= 4 is 8.56 Å². The Balaban J connectivity index is 2.59. The van der Waals surface area contributed by atoms with E-state index in [9.17, 15) is 9.59 Å². The van der Waals surface area contributed by atoms with Crippen molar-refractivity contribution < 1.29 is 9.59 Å². The molecule has 2 N–H and O–H groups in total. The van der Waals surface area contributed by atoms with Gasteiger partial charge in [-0.1, -0.05) is 80.5 Å². The molecule has 0 aliphatic rings. The summed E-state index contributed by atoms with van der Waals surface area (Å²) in [5.41, 5.74) is 1.35. The Labute approximate surface area is 174 Å². The van der Waals surface area contributed by atoms with E-state index in [2.05, 4.69) is 68.1 Å². The normalized spacial score (nSPS) is 14.6. The first-order valence-electron chi connectivity index (χ1n) is 10.9. The van der Waals surface area contributed by atoms with Gasteiger partial charge < -0.3 is 9.59 Å². The van der Waals surface area contributed by atoms with Crippen molar-refractivity contribution in [2.75, 3.05) is 0 Å². The summed E-state index contributed by atoms with van der Waals surface area (Å²) in [7, 11) is -2.99. The monoisotopic (exact) mass is 400 g/mol. The fourth-order valence-corrected chi connectivity index (χ4v) is 4.03. The number of hydrogen-bond acceptors (Lipinski definition) is 2. The van der Waals surface area contributed by atoms with E-state index in [1.807, 2.05) is 6.08 Å². The largest absolute Gasteiger partial charge is 0.411 e. The van der Waals surface area contributed by atoms with Crippen molar-refractivity contribution in [1.82, 2.24) is 0 Å². The van der Waals surface area contributed by atoms with Gasteiger partial charge >= 0.3 is 8.56 Å². The van der Waals surface area contributed by atoms with E-state index >= 15 is 0 Å². The van der Waals surface area contributed by atoms with Crippen molar-refractivity contribution in [3.05, 3.63) is 72.9 Å². The molecule has 0 amide bonds. The van der Waals surface area contributed by atoms with Crippen LogP contribution >= 0.6 is 0 Å². The average molecular weight is 401 g/mol. The SMILES string of the molecule is C=CC(CC/C=C/CCCCC)CC(C/C=C/C[Si](C)(O)O)c1ccccc1. The third-order valence-corrected chi connectivity index (χ3v) is 6.14. The number of hydrogen-bond donors (Lipinski definition) is 2. The van der Waals surface area contributed by atoms with Gasteiger partial charge in [0.25, 0.3) is 0 Å². The van der Waals surface area contributed by atoms with E-state index in [1.165, 1.54) is 31.2 Å². The van der Waals surface area contributed by atoms with Crippen LogP contribution in [0.3, 0.4) is 0 Å². The van der Waals surface area contributed by atoms with E-state index in [0.717, 1.165) is 25.7 Å². The molecule has 0 aliphatic carbocycles. The van der Waals surface area contributed by atoms with Crippen molar-refractivity contribution in [3.8, 4) is 0 Å². The summed E-state index contributed by atoms with van der Waals surface area (Å²) < 4.78 is 0. The van der Waals surface area contributed by atoms with Crippen LogP contribution in [0.1, 0.15) is 69.8 Å². The molecule has 3 heteroatoms. The third-order valence-electron chi connectivity index (χ3n) is 5.13. The topological polar surface area (TPSA) is 40.5 Å². The molecular weight excluding hydrogens is 360 g/mol. The third kappa shape index (κ3) is 12.1. The first-order valence-corrected chi connectivity index (χ1v) is 13.5. The number of unbranched alkanes of at least 4 members (excludes halogenated alkanes) is 3. The molecule has 0 heterocycles. The van der Waals surface area contributed by atoms with Gasteiger partial charge in [0.2, 0.25) is 0 Å². The lowest BCUT2D eigenvalue weighted by Gasteiger charge is -2.21. The second-order valence-electron chi connectivity index (χ2n) is 8.01. The van der Waals surface area contributed by atoms with Gasteiger partial charge in [0, 0.05) is 6.04 Å². The van der Waals surface area contributed by atoms with Gasteiger partial charge in [-0.3, -0.25) is 0 Å². The molecule has 1 rings (SSSR count). The predicted molar refractivity (Wildman–Crippen MR) is 125 cm³/mol. The van der Waals surface area contributed by atoms with Crippen molar-refractivity contribution in [2.45, 2.75) is 76.8 Å². The Hall–Kier alpha value is -1.42. The highest BCUT2D eigenvalue weighted by molar-refractivity contribution is 6.63. The molecule has 0 saturated carbocycles. The minimum absolute atomic E-state index is 0.391. The number of benzene rings is 1. The Morgan fingerprint density at radius 1 is 1.00 bits per heavy atom. The predicted octanol–water partition coefficient (Wildman–Crippen LogP) is 6.88. The highest BCUT2D eigenvalue weighted by atomic mass is 28.4. The van der Waals surface area contributed by atoms with Gasteiger partial charge in [-0.05, 0) is 62.5 Å². The zero-order valence-electron chi connectivity index (χ0n) is 17.9. The molecule has 2 atom stereocenters. The minimum Gasteiger partial charge on any atom is -0.411 e. The standard InChI is InChI=1S/C25H40O2Si/c1-4-6-7-8-9-10-12-17-23(5-2)22-25(24-18-13-11-14-19-24)20-15-16-21-28(3,26)27/h5,9-11,13-16,18-19,23,25-27H,2,4,6-8,12,17,20-22H2,1,3H3/b10-9+,16-15+. The highest BCUT2D eigenvalue weighted by Crippen LogP contribution is 2.30. The molecule has 2 unspecified atom stereocenters. The molecule has 0 radical (unpaired) electrons. The van der Waals surface area contributed by atoms with Crippen LogP contribution in [0.25, 0.3) is 0 Å². The van der Waals surface area contributed by atoms with Gasteiger partial charge in [0.1, 0.15) is 0 Å². The smallest absolute Gasteiger partial charge is 0.333 e.